The SMILES string of the molecule is CC[C@@]1(C)CCCC(F)(F)C1. The van der Waals surface area contributed by atoms with Crippen LogP contribution in [0.3, 0.4) is 0 Å². The zero-order chi connectivity index (χ0) is 8.54. The number of hydrogen-bond acceptors (Lipinski definition) is 0. The lowest BCUT2D eigenvalue weighted by atomic mass is 9.72. The third-order valence-electron chi connectivity index (χ3n) is 2.86. The van der Waals surface area contributed by atoms with Crippen LogP contribution in [0.5, 0.6) is 0 Å². The molecule has 0 aromatic heterocycles. The summed E-state index contributed by atoms with van der Waals surface area (Å²) in [7, 11) is 0. The van der Waals surface area contributed by atoms with Crippen molar-refractivity contribution in [2.75, 3.05) is 0 Å². The third-order valence-corrected chi connectivity index (χ3v) is 2.86. The monoisotopic (exact) mass is 162 g/mol. The number of hydrogen-bond donors (Lipinski definition) is 0. The molecule has 0 spiro atoms. The van der Waals surface area contributed by atoms with Crippen LogP contribution in [0.15, 0.2) is 0 Å². The molecular formula is C9H16F2. The molecule has 0 saturated heterocycles. The average molecular weight is 162 g/mol. The van der Waals surface area contributed by atoms with E-state index in [0.29, 0.717) is 6.42 Å². The quantitative estimate of drug-likeness (QED) is 0.552. The van der Waals surface area contributed by atoms with Gasteiger partial charge in [0.15, 0.2) is 0 Å². The lowest BCUT2D eigenvalue weighted by Gasteiger charge is -2.37. The summed E-state index contributed by atoms with van der Waals surface area (Å²) in [5.41, 5.74) is -0.0955. The van der Waals surface area contributed by atoms with Gasteiger partial charge in [-0.3, -0.25) is 0 Å². The highest BCUT2D eigenvalue weighted by Crippen LogP contribution is 2.45. The summed E-state index contributed by atoms with van der Waals surface area (Å²) >= 11 is 0. The summed E-state index contributed by atoms with van der Waals surface area (Å²) in [5.74, 6) is -2.39. The van der Waals surface area contributed by atoms with E-state index in [1.54, 1.807) is 0 Å². The summed E-state index contributed by atoms with van der Waals surface area (Å²) < 4.78 is 25.8. The van der Waals surface area contributed by atoms with Crippen molar-refractivity contribution in [2.24, 2.45) is 5.41 Å². The van der Waals surface area contributed by atoms with Gasteiger partial charge in [0.05, 0.1) is 0 Å². The van der Waals surface area contributed by atoms with Gasteiger partial charge >= 0.3 is 0 Å². The first-order valence-electron chi connectivity index (χ1n) is 4.35. The second kappa shape index (κ2) is 2.72. The molecule has 0 aliphatic heterocycles. The van der Waals surface area contributed by atoms with E-state index in [1.807, 2.05) is 13.8 Å². The molecule has 1 atom stereocenters. The highest BCUT2D eigenvalue weighted by atomic mass is 19.3. The van der Waals surface area contributed by atoms with Crippen molar-refractivity contribution in [3.63, 3.8) is 0 Å². The molecule has 0 heterocycles. The molecule has 11 heavy (non-hydrogen) atoms. The molecular weight excluding hydrogens is 146 g/mol. The highest BCUT2D eigenvalue weighted by Gasteiger charge is 2.41. The Morgan fingerprint density at radius 3 is 2.27 bits per heavy atom. The maximum Gasteiger partial charge on any atom is 0.248 e. The predicted molar refractivity (Wildman–Crippen MR) is 41.8 cm³/mol. The minimum Gasteiger partial charge on any atom is -0.207 e. The lowest BCUT2D eigenvalue weighted by Crippen LogP contribution is -2.32. The van der Waals surface area contributed by atoms with Crippen molar-refractivity contribution in [3.05, 3.63) is 0 Å². The first-order chi connectivity index (χ1) is 4.97. The molecule has 0 N–H and O–H groups in total. The summed E-state index contributed by atoms with van der Waals surface area (Å²) in [6, 6.07) is 0. The molecule has 2 heteroatoms. The minimum absolute atomic E-state index is 0.0938. The van der Waals surface area contributed by atoms with E-state index in [4.69, 9.17) is 0 Å². The van der Waals surface area contributed by atoms with E-state index in [2.05, 4.69) is 0 Å². The molecule has 0 nitrogen and oxygen atoms in total. The zero-order valence-corrected chi connectivity index (χ0v) is 7.29. The summed E-state index contributed by atoms with van der Waals surface area (Å²) in [6.07, 6.45) is 2.73. The fourth-order valence-corrected chi connectivity index (χ4v) is 1.88. The Morgan fingerprint density at radius 2 is 1.91 bits per heavy atom. The highest BCUT2D eigenvalue weighted by molar-refractivity contribution is 4.85. The Bertz CT molecular complexity index is 142. The molecule has 66 valence electrons. The van der Waals surface area contributed by atoms with Crippen LogP contribution in [0.1, 0.15) is 46.0 Å². The molecule has 0 unspecified atom stereocenters. The second-order valence-corrected chi connectivity index (χ2v) is 4.05. The first kappa shape index (κ1) is 8.95. The molecule has 0 bridgehead atoms. The fourth-order valence-electron chi connectivity index (χ4n) is 1.88. The Balaban J connectivity index is 2.59. The Kier molecular flexibility index (Phi) is 2.22. The topological polar surface area (TPSA) is 0 Å². The molecule has 1 saturated carbocycles. The van der Waals surface area contributed by atoms with Crippen molar-refractivity contribution in [2.45, 2.75) is 51.9 Å². The minimum atomic E-state index is -2.39. The average Bonchev–Trinajstić information content (AvgIpc) is 1.85. The Labute approximate surface area is 67.0 Å². The van der Waals surface area contributed by atoms with Gasteiger partial charge in [0.25, 0.3) is 0 Å². The zero-order valence-electron chi connectivity index (χ0n) is 7.29. The van der Waals surface area contributed by atoms with Gasteiger partial charge in [-0.25, -0.2) is 8.78 Å². The van der Waals surface area contributed by atoms with Crippen LogP contribution in [0.25, 0.3) is 0 Å². The molecule has 0 radical (unpaired) electrons. The molecule has 1 aliphatic carbocycles. The van der Waals surface area contributed by atoms with Crippen molar-refractivity contribution in [3.8, 4) is 0 Å². The lowest BCUT2D eigenvalue weighted by molar-refractivity contribution is -0.0785. The van der Waals surface area contributed by atoms with E-state index in [0.717, 1.165) is 12.8 Å². The Hall–Kier alpha value is -0.140. The van der Waals surface area contributed by atoms with Crippen LogP contribution in [0.4, 0.5) is 8.78 Å². The van der Waals surface area contributed by atoms with Gasteiger partial charge in [-0.1, -0.05) is 20.3 Å². The maximum absolute atomic E-state index is 12.9. The van der Waals surface area contributed by atoms with Crippen LogP contribution >= 0.6 is 0 Å². The van der Waals surface area contributed by atoms with E-state index < -0.39 is 5.92 Å². The van der Waals surface area contributed by atoms with Gasteiger partial charge in [-0.15, -0.1) is 0 Å². The third kappa shape index (κ3) is 2.14. The van der Waals surface area contributed by atoms with E-state index in [-0.39, 0.29) is 18.3 Å². The van der Waals surface area contributed by atoms with Crippen molar-refractivity contribution in [1.29, 1.82) is 0 Å². The molecule has 1 aliphatic rings. The maximum atomic E-state index is 12.9. The van der Waals surface area contributed by atoms with Crippen molar-refractivity contribution in [1.82, 2.24) is 0 Å². The molecule has 0 aromatic carbocycles. The van der Waals surface area contributed by atoms with Gasteiger partial charge in [0.1, 0.15) is 0 Å². The van der Waals surface area contributed by atoms with Crippen molar-refractivity contribution >= 4 is 0 Å². The van der Waals surface area contributed by atoms with Crippen molar-refractivity contribution < 1.29 is 8.78 Å². The van der Waals surface area contributed by atoms with E-state index in [9.17, 15) is 8.78 Å². The van der Waals surface area contributed by atoms with Gasteiger partial charge in [0, 0.05) is 12.8 Å². The van der Waals surface area contributed by atoms with Crippen LogP contribution < -0.4 is 0 Å². The number of halogens is 2. The summed E-state index contributed by atoms with van der Waals surface area (Å²) in [5, 5.41) is 0. The van der Waals surface area contributed by atoms with E-state index in [1.165, 1.54) is 0 Å². The van der Waals surface area contributed by atoms with Gasteiger partial charge in [-0.2, -0.15) is 0 Å². The van der Waals surface area contributed by atoms with Gasteiger partial charge < -0.3 is 0 Å². The number of rotatable bonds is 1. The molecule has 0 amide bonds. The van der Waals surface area contributed by atoms with Crippen LogP contribution in [-0.2, 0) is 0 Å². The molecule has 0 aromatic rings. The first-order valence-corrected chi connectivity index (χ1v) is 4.35. The van der Waals surface area contributed by atoms with Gasteiger partial charge in [-0.05, 0) is 18.3 Å². The summed E-state index contributed by atoms with van der Waals surface area (Å²) in [6.45, 7) is 3.97. The second-order valence-electron chi connectivity index (χ2n) is 4.05. The summed E-state index contributed by atoms with van der Waals surface area (Å²) in [4.78, 5) is 0. The standard InChI is InChI=1S/C9H16F2/c1-3-8(2)5-4-6-9(10,11)7-8/h3-7H2,1-2H3/t8-/m0/s1. The van der Waals surface area contributed by atoms with Gasteiger partial charge in [0.2, 0.25) is 5.92 Å². The molecule has 1 rings (SSSR count). The number of alkyl halides is 2. The van der Waals surface area contributed by atoms with E-state index >= 15 is 0 Å². The smallest absolute Gasteiger partial charge is 0.207 e. The molecule has 1 fully saturated rings. The Morgan fingerprint density at radius 1 is 1.27 bits per heavy atom. The van der Waals surface area contributed by atoms with Crippen LogP contribution in [0, 0.1) is 5.41 Å². The van der Waals surface area contributed by atoms with Crippen LogP contribution in [-0.4, -0.2) is 5.92 Å². The predicted octanol–water partition coefficient (Wildman–Crippen LogP) is 3.61. The van der Waals surface area contributed by atoms with Crippen LogP contribution in [0.2, 0.25) is 0 Å². The normalized spacial score (nSPS) is 37.1. The fraction of sp³-hybridized carbons (Fsp3) is 1.00. The largest absolute Gasteiger partial charge is 0.248 e.